The van der Waals surface area contributed by atoms with Crippen LogP contribution in [0.3, 0.4) is 0 Å². The molecule has 1 saturated heterocycles. The van der Waals surface area contributed by atoms with E-state index in [4.69, 9.17) is 4.74 Å². The standard InChI is InChI=1S/C19H21FN4O2/c1-13(16-6-3-9-21-16)23-18(26-2)15-5-4-10-24(12-15)19(25)14-7-8-17(20)22-11-14/h3,6-9,11,15,21H,1,4-5,10,12H2,2H3/b23-18-/t15-/m0/s1. The molecule has 3 heterocycles. The number of ether oxygens (including phenoxy) is 1. The first-order chi connectivity index (χ1) is 12.6. The fourth-order valence-corrected chi connectivity index (χ4v) is 3.05. The molecule has 0 aliphatic carbocycles. The van der Waals surface area contributed by atoms with Crippen LogP contribution in [-0.4, -0.2) is 46.9 Å². The van der Waals surface area contributed by atoms with E-state index in [-0.39, 0.29) is 11.8 Å². The van der Waals surface area contributed by atoms with Gasteiger partial charge in [-0.1, -0.05) is 6.58 Å². The molecule has 1 fully saturated rings. The van der Waals surface area contributed by atoms with Crippen LogP contribution in [0.2, 0.25) is 0 Å². The molecule has 6 nitrogen and oxygen atoms in total. The Labute approximate surface area is 151 Å². The number of carbonyl (C=O) groups is 1. The van der Waals surface area contributed by atoms with Crippen LogP contribution in [0.1, 0.15) is 28.9 Å². The van der Waals surface area contributed by atoms with E-state index in [9.17, 15) is 9.18 Å². The third-order valence-electron chi connectivity index (χ3n) is 4.40. The van der Waals surface area contributed by atoms with Crippen molar-refractivity contribution in [3.8, 4) is 0 Å². The summed E-state index contributed by atoms with van der Waals surface area (Å²) < 4.78 is 18.4. The van der Waals surface area contributed by atoms with Crippen LogP contribution in [0.25, 0.3) is 5.70 Å². The van der Waals surface area contributed by atoms with Crippen molar-refractivity contribution in [2.45, 2.75) is 12.8 Å². The van der Waals surface area contributed by atoms with Crippen molar-refractivity contribution in [3.05, 3.63) is 60.4 Å². The number of rotatable bonds is 4. The molecule has 26 heavy (non-hydrogen) atoms. The van der Waals surface area contributed by atoms with E-state index in [2.05, 4.69) is 21.5 Å². The van der Waals surface area contributed by atoms with Crippen molar-refractivity contribution in [2.75, 3.05) is 20.2 Å². The summed E-state index contributed by atoms with van der Waals surface area (Å²) in [6.45, 7) is 5.09. The first-order valence-corrected chi connectivity index (χ1v) is 8.44. The summed E-state index contributed by atoms with van der Waals surface area (Å²) in [5.41, 5.74) is 1.78. The summed E-state index contributed by atoms with van der Waals surface area (Å²) >= 11 is 0. The molecule has 0 unspecified atom stereocenters. The van der Waals surface area contributed by atoms with Gasteiger partial charge in [-0.3, -0.25) is 4.79 Å². The number of carbonyl (C=O) groups excluding carboxylic acids is 1. The molecule has 1 atom stereocenters. The Balaban J connectivity index is 1.73. The van der Waals surface area contributed by atoms with Crippen molar-refractivity contribution in [1.82, 2.24) is 14.9 Å². The van der Waals surface area contributed by atoms with Crippen molar-refractivity contribution < 1.29 is 13.9 Å². The summed E-state index contributed by atoms with van der Waals surface area (Å²) in [6, 6.07) is 6.40. The van der Waals surface area contributed by atoms with Gasteiger partial charge >= 0.3 is 0 Å². The number of hydrogen-bond acceptors (Lipinski definition) is 4. The Bertz CT molecular complexity index is 799. The average molecular weight is 356 g/mol. The monoisotopic (exact) mass is 356 g/mol. The zero-order valence-corrected chi connectivity index (χ0v) is 14.6. The number of hydrogen-bond donors (Lipinski definition) is 1. The van der Waals surface area contributed by atoms with Crippen LogP contribution in [0, 0.1) is 11.9 Å². The van der Waals surface area contributed by atoms with Crippen LogP contribution >= 0.6 is 0 Å². The van der Waals surface area contributed by atoms with Gasteiger partial charge in [0.1, 0.15) is 0 Å². The van der Waals surface area contributed by atoms with E-state index in [1.165, 1.54) is 18.3 Å². The second-order valence-corrected chi connectivity index (χ2v) is 6.14. The number of piperidine rings is 1. The van der Waals surface area contributed by atoms with Crippen LogP contribution in [0.4, 0.5) is 4.39 Å². The maximum Gasteiger partial charge on any atom is 0.255 e. The molecular weight excluding hydrogens is 335 g/mol. The first-order valence-electron chi connectivity index (χ1n) is 8.44. The van der Waals surface area contributed by atoms with Gasteiger partial charge in [0.2, 0.25) is 5.95 Å². The third-order valence-corrected chi connectivity index (χ3v) is 4.40. The largest absolute Gasteiger partial charge is 0.484 e. The van der Waals surface area contributed by atoms with E-state index in [0.717, 1.165) is 18.5 Å². The second-order valence-electron chi connectivity index (χ2n) is 6.14. The number of methoxy groups -OCH3 is 1. The number of aromatic nitrogens is 2. The van der Waals surface area contributed by atoms with Gasteiger partial charge in [0.25, 0.3) is 5.91 Å². The highest BCUT2D eigenvalue weighted by atomic mass is 19.1. The number of nitrogens with zero attached hydrogens (tertiary/aromatic N) is 3. The molecule has 1 amide bonds. The molecule has 0 spiro atoms. The number of amides is 1. The zero-order chi connectivity index (χ0) is 18.5. The Morgan fingerprint density at radius 3 is 2.96 bits per heavy atom. The molecule has 1 aliphatic rings. The number of halogens is 1. The maximum absolute atomic E-state index is 13.0. The van der Waals surface area contributed by atoms with Crippen LogP contribution in [-0.2, 0) is 4.74 Å². The van der Waals surface area contributed by atoms with Crippen LogP contribution in [0.15, 0.2) is 48.2 Å². The summed E-state index contributed by atoms with van der Waals surface area (Å²) in [7, 11) is 1.57. The molecule has 7 heteroatoms. The molecule has 1 N–H and O–H groups in total. The van der Waals surface area contributed by atoms with Crippen LogP contribution < -0.4 is 0 Å². The molecule has 3 rings (SSSR count). The van der Waals surface area contributed by atoms with Gasteiger partial charge in [0.15, 0.2) is 5.90 Å². The van der Waals surface area contributed by atoms with E-state index in [1.807, 2.05) is 12.1 Å². The minimum atomic E-state index is -0.602. The smallest absolute Gasteiger partial charge is 0.255 e. The van der Waals surface area contributed by atoms with E-state index in [0.29, 0.717) is 30.2 Å². The predicted octanol–water partition coefficient (Wildman–Crippen LogP) is 3.12. The van der Waals surface area contributed by atoms with Crippen molar-refractivity contribution >= 4 is 17.5 Å². The van der Waals surface area contributed by atoms with Gasteiger partial charge in [-0.25, -0.2) is 9.98 Å². The summed E-state index contributed by atoms with van der Waals surface area (Å²) in [5.74, 6) is -0.229. The lowest BCUT2D eigenvalue weighted by molar-refractivity contribution is 0.0694. The molecule has 0 aromatic carbocycles. The lowest BCUT2D eigenvalue weighted by Gasteiger charge is -2.32. The fourth-order valence-electron chi connectivity index (χ4n) is 3.05. The van der Waals surface area contributed by atoms with E-state index >= 15 is 0 Å². The highest BCUT2D eigenvalue weighted by Gasteiger charge is 2.28. The normalized spacial score (nSPS) is 17.8. The molecule has 0 saturated carbocycles. The SMILES string of the molecule is C=C(/N=C(\OC)[C@H]1CCCN(C(=O)c2ccc(F)nc2)C1)c1ccc[nH]1. The minimum absolute atomic E-state index is 0.0159. The van der Waals surface area contributed by atoms with Crippen molar-refractivity contribution in [3.63, 3.8) is 0 Å². The minimum Gasteiger partial charge on any atom is -0.484 e. The fraction of sp³-hybridized carbons (Fsp3) is 0.316. The molecule has 2 aromatic heterocycles. The highest BCUT2D eigenvalue weighted by Crippen LogP contribution is 2.22. The molecule has 0 radical (unpaired) electrons. The summed E-state index contributed by atoms with van der Waals surface area (Å²) in [4.78, 5) is 25.5. The number of aromatic amines is 1. The van der Waals surface area contributed by atoms with Crippen molar-refractivity contribution in [2.24, 2.45) is 10.9 Å². The van der Waals surface area contributed by atoms with Gasteiger partial charge in [-0.2, -0.15) is 4.39 Å². The molecule has 2 aromatic rings. The molecular formula is C19H21FN4O2. The molecule has 136 valence electrons. The molecule has 1 aliphatic heterocycles. The van der Waals surface area contributed by atoms with Gasteiger partial charge in [0.05, 0.1) is 30.0 Å². The average Bonchev–Trinajstić information content (AvgIpc) is 3.21. The first kappa shape index (κ1) is 17.8. The van der Waals surface area contributed by atoms with Gasteiger partial charge in [0, 0.05) is 25.5 Å². The summed E-state index contributed by atoms with van der Waals surface area (Å²) in [6.07, 6.45) is 4.78. The van der Waals surface area contributed by atoms with E-state index < -0.39 is 5.95 Å². The Kier molecular flexibility index (Phi) is 5.46. The quantitative estimate of drug-likeness (QED) is 0.520. The van der Waals surface area contributed by atoms with E-state index in [1.54, 1.807) is 18.2 Å². The maximum atomic E-state index is 13.0. The van der Waals surface area contributed by atoms with Crippen molar-refractivity contribution in [1.29, 1.82) is 0 Å². The topological polar surface area (TPSA) is 70.6 Å². The van der Waals surface area contributed by atoms with Gasteiger partial charge in [-0.15, -0.1) is 0 Å². The Morgan fingerprint density at radius 1 is 1.46 bits per heavy atom. The third kappa shape index (κ3) is 3.99. The highest BCUT2D eigenvalue weighted by molar-refractivity contribution is 5.94. The number of aliphatic imine (C=N–C) groups is 1. The number of H-pyrrole nitrogens is 1. The van der Waals surface area contributed by atoms with Gasteiger partial charge in [-0.05, 0) is 37.1 Å². The van der Waals surface area contributed by atoms with Gasteiger partial charge < -0.3 is 14.6 Å². The number of likely N-dealkylation sites (tertiary alicyclic amines) is 1. The molecule has 0 bridgehead atoms. The second kappa shape index (κ2) is 7.95. The summed E-state index contributed by atoms with van der Waals surface area (Å²) in [5, 5.41) is 0. The predicted molar refractivity (Wildman–Crippen MR) is 97.1 cm³/mol. The number of nitrogens with one attached hydrogen (secondary N) is 1. The van der Waals surface area contributed by atoms with Crippen LogP contribution in [0.5, 0.6) is 0 Å². The Hall–Kier alpha value is -2.96. The lowest BCUT2D eigenvalue weighted by Crippen LogP contribution is -2.42. The Morgan fingerprint density at radius 2 is 2.31 bits per heavy atom. The number of pyridine rings is 1. The zero-order valence-electron chi connectivity index (χ0n) is 14.6. The lowest BCUT2D eigenvalue weighted by atomic mass is 9.97.